The molecule has 20 heavy (non-hydrogen) atoms. The Morgan fingerprint density at radius 2 is 2.05 bits per heavy atom. The highest BCUT2D eigenvalue weighted by Gasteiger charge is 2.31. The quantitative estimate of drug-likeness (QED) is 0.843. The van der Waals surface area contributed by atoms with Gasteiger partial charge in [-0.25, -0.2) is 4.79 Å². The molecule has 2 aliphatic rings. The number of aromatic amines is 1. The summed E-state index contributed by atoms with van der Waals surface area (Å²) in [6.07, 6.45) is 5.51. The fraction of sp³-hybridized carbons (Fsp3) is 0.625. The van der Waals surface area contributed by atoms with E-state index in [4.69, 9.17) is 4.74 Å². The topological polar surface area (TPSA) is 59.2 Å². The zero-order valence-electron chi connectivity index (χ0n) is 12.1. The summed E-state index contributed by atoms with van der Waals surface area (Å²) in [5.41, 5.74) is 2.87. The minimum atomic E-state index is -0.302. The molecule has 2 atom stereocenters. The lowest BCUT2D eigenvalue weighted by Gasteiger charge is -2.16. The smallest absolute Gasteiger partial charge is 0.355 e. The molecule has 1 heterocycles. The van der Waals surface area contributed by atoms with E-state index >= 15 is 0 Å². The molecule has 1 fully saturated rings. The molecule has 1 N–H and O–H groups in total. The summed E-state index contributed by atoms with van der Waals surface area (Å²) < 4.78 is 5.62. The largest absolute Gasteiger partial charge is 0.457 e. The van der Waals surface area contributed by atoms with Crippen LogP contribution in [-0.4, -0.2) is 22.8 Å². The fourth-order valence-electron chi connectivity index (χ4n) is 3.46. The van der Waals surface area contributed by atoms with E-state index in [0.29, 0.717) is 18.0 Å². The molecule has 0 aliphatic heterocycles. The number of hydrogen-bond acceptors (Lipinski definition) is 3. The molecule has 4 heteroatoms. The van der Waals surface area contributed by atoms with Crippen molar-refractivity contribution in [2.45, 2.75) is 58.5 Å². The Morgan fingerprint density at radius 3 is 2.70 bits per heavy atom. The van der Waals surface area contributed by atoms with Crippen molar-refractivity contribution in [1.29, 1.82) is 0 Å². The number of fused-ring (bicyclic) bond motifs is 1. The normalized spacial score (nSPS) is 25.6. The molecule has 0 aromatic carbocycles. The third kappa shape index (κ3) is 2.17. The average molecular weight is 275 g/mol. The van der Waals surface area contributed by atoms with Crippen LogP contribution in [0.1, 0.15) is 71.1 Å². The number of aromatic nitrogens is 1. The maximum atomic E-state index is 12.3. The van der Waals surface area contributed by atoms with Gasteiger partial charge in [-0.3, -0.25) is 4.79 Å². The Labute approximate surface area is 118 Å². The van der Waals surface area contributed by atoms with E-state index in [-0.39, 0.29) is 17.9 Å². The Balaban J connectivity index is 1.83. The number of Topliss-reactive ketones (excluding diaryl/α,β-unsaturated/α-hetero) is 1. The summed E-state index contributed by atoms with van der Waals surface area (Å²) in [6, 6.07) is 0. The van der Waals surface area contributed by atoms with Gasteiger partial charge in [0.15, 0.2) is 5.78 Å². The van der Waals surface area contributed by atoms with Gasteiger partial charge in [0, 0.05) is 17.7 Å². The van der Waals surface area contributed by atoms with Crippen LogP contribution in [0.3, 0.4) is 0 Å². The number of ketones is 1. The number of nitrogens with one attached hydrogen (secondary N) is 1. The first kappa shape index (κ1) is 13.4. The highest BCUT2D eigenvalue weighted by Crippen LogP contribution is 2.30. The van der Waals surface area contributed by atoms with Crippen molar-refractivity contribution in [1.82, 2.24) is 4.98 Å². The molecule has 0 spiro atoms. The van der Waals surface area contributed by atoms with Crippen molar-refractivity contribution < 1.29 is 14.3 Å². The van der Waals surface area contributed by atoms with Crippen LogP contribution in [0.5, 0.6) is 0 Å². The summed E-state index contributed by atoms with van der Waals surface area (Å²) in [5, 5.41) is 0. The zero-order chi connectivity index (χ0) is 14.3. The van der Waals surface area contributed by atoms with Crippen LogP contribution < -0.4 is 0 Å². The van der Waals surface area contributed by atoms with Crippen LogP contribution in [0.4, 0.5) is 0 Å². The molecule has 0 bridgehead atoms. The van der Waals surface area contributed by atoms with Gasteiger partial charge in [-0.1, -0.05) is 6.92 Å². The molecule has 0 amide bonds. The average Bonchev–Trinajstić information content (AvgIpc) is 2.95. The van der Waals surface area contributed by atoms with Gasteiger partial charge in [-0.15, -0.1) is 0 Å². The van der Waals surface area contributed by atoms with Gasteiger partial charge in [0.25, 0.3) is 0 Å². The van der Waals surface area contributed by atoms with Crippen molar-refractivity contribution in [3.8, 4) is 0 Å². The predicted octanol–water partition coefficient (Wildman–Crippen LogP) is 3.19. The van der Waals surface area contributed by atoms with Crippen molar-refractivity contribution >= 4 is 11.8 Å². The molecule has 108 valence electrons. The fourth-order valence-corrected chi connectivity index (χ4v) is 3.46. The second kappa shape index (κ2) is 5.08. The zero-order valence-corrected chi connectivity index (χ0v) is 12.1. The van der Waals surface area contributed by atoms with Gasteiger partial charge < -0.3 is 9.72 Å². The summed E-state index contributed by atoms with van der Waals surface area (Å²) in [5.74, 6) is 0.280. The van der Waals surface area contributed by atoms with Crippen LogP contribution in [-0.2, 0) is 11.2 Å². The first-order valence-corrected chi connectivity index (χ1v) is 7.53. The SMILES string of the molecule is Cc1c(C(=O)O[C@@H]2CCC[C@H]2C)[nH]c2c1C(=O)CCC2. The van der Waals surface area contributed by atoms with Crippen LogP contribution >= 0.6 is 0 Å². The Hall–Kier alpha value is -1.58. The first-order chi connectivity index (χ1) is 9.58. The molecular formula is C16H21NO3. The summed E-state index contributed by atoms with van der Waals surface area (Å²) >= 11 is 0. The first-order valence-electron chi connectivity index (χ1n) is 7.53. The molecule has 1 aromatic heterocycles. The van der Waals surface area contributed by atoms with Gasteiger partial charge in [0.2, 0.25) is 0 Å². The highest BCUT2D eigenvalue weighted by atomic mass is 16.5. The second-order valence-corrected chi connectivity index (χ2v) is 6.11. The number of carbonyl (C=O) groups is 2. The maximum absolute atomic E-state index is 12.3. The van der Waals surface area contributed by atoms with E-state index in [0.717, 1.165) is 48.9 Å². The van der Waals surface area contributed by atoms with E-state index in [1.54, 1.807) is 0 Å². The van der Waals surface area contributed by atoms with E-state index in [1.807, 2.05) is 6.92 Å². The lowest BCUT2D eigenvalue weighted by atomic mass is 9.94. The number of carbonyl (C=O) groups excluding carboxylic acids is 2. The summed E-state index contributed by atoms with van der Waals surface area (Å²) in [7, 11) is 0. The van der Waals surface area contributed by atoms with E-state index in [2.05, 4.69) is 11.9 Å². The van der Waals surface area contributed by atoms with Gasteiger partial charge in [-0.2, -0.15) is 0 Å². The van der Waals surface area contributed by atoms with Crippen LogP contribution in [0.15, 0.2) is 0 Å². The Morgan fingerprint density at radius 1 is 1.25 bits per heavy atom. The Kier molecular flexibility index (Phi) is 3.40. The molecule has 1 saturated carbocycles. The van der Waals surface area contributed by atoms with Crippen LogP contribution in [0.2, 0.25) is 0 Å². The molecule has 4 nitrogen and oxygen atoms in total. The lowest BCUT2D eigenvalue weighted by molar-refractivity contribution is 0.0219. The Bertz CT molecular complexity index is 558. The number of esters is 1. The maximum Gasteiger partial charge on any atom is 0.355 e. The van der Waals surface area contributed by atoms with Crippen molar-refractivity contribution in [2.24, 2.45) is 5.92 Å². The number of rotatable bonds is 2. The minimum Gasteiger partial charge on any atom is -0.457 e. The van der Waals surface area contributed by atoms with Gasteiger partial charge in [0.1, 0.15) is 11.8 Å². The van der Waals surface area contributed by atoms with Gasteiger partial charge in [-0.05, 0) is 50.5 Å². The molecule has 3 rings (SSSR count). The van der Waals surface area contributed by atoms with Crippen molar-refractivity contribution in [3.63, 3.8) is 0 Å². The molecular weight excluding hydrogens is 254 g/mol. The predicted molar refractivity (Wildman–Crippen MR) is 75.0 cm³/mol. The minimum absolute atomic E-state index is 0.0259. The third-order valence-electron chi connectivity index (χ3n) is 4.68. The third-order valence-corrected chi connectivity index (χ3v) is 4.68. The van der Waals surface area contributed by atoms with Gasteiger partial charge >= 0.3 is 5.97 Å². The van der Waals surface area contributed by atoms with E-state index in [1.165, 1.54) is 0 Å². The van der Waals surface area contributed by atoms with Gasteiger partial charge in [0.05, 0.1) is 0 Å². The van der Waals surface area contributed by atoms with E-state index in [9.17, 15) is 9.59 Å². The number of aryl methyl sites for hydroxylation is 1. The standard InChI is InChI=1S/C16H21NO3/c1-9-5-3-8-13(9)20-16(19)15-10(2)14-11(17-15)6-4-7-12(14)18/h9,13,17H,3-8H2,1-2H3/t9-,13-/m1/s1. The molecule has 1 aromatic rings. The highest BCUT2D eigenvalue weighted by molar-refractivity contribution is 6.03. The monoisotopic (exact) mass is 275 g/mol. The number of H-pyrrole nitrogens is 1. The van der Waals surface area contributed by atoms with Crippen LogP contribution in [0.25, 0.3) is 0 Å². The van der Waals surface area contributed by atoms with Crippen LogP contribution in [0, 0.1) is 12.8 Å². The number of hydrogen-bond donors (Lipinski definition) is 1. The van der Waals surface area contributed by atoms with Crippen molar-refractivity contribution in [3.05, 3.63) is 22.5 Å². The molecule has 2 aliphatic carbocycles. The molecule has 0 saturated heterocycles. The summed E-state index contributed by atoms with van der Waals surface area (Å²) in [4.78, 5) is 27.4. The second-order valence-electron chi connectivity index (χ2n) is 6.11. The number of ether oxygens (including phenoxy) is 1. The van der Waals surface area contributed by atoms with E-state index < -0.39 is 0 Å². The van der Waals surface area contributed by atoms with Crippen molar-refractivity contribution in [2.75, 3.05) is 0 Å². The molecule has 0 radical (unpaired) electrons. The lowest BCUT2D eigenvalue weighted by Crippen LogP contribution is -2.21. The molecule has 0 unspecified atom stereocenters. The summed E-state index contributed by atoms with van der Waals surface area (Å²) in [6.45, 7) is 3.97.